The van der Waals surface area contributed by atoms with Crippen molar-refractivity contribution in [3.8, 4) is 0 Å². The molecule has 1 saturated heterocycles. The van der Waals surface area contributed by atoms with Crippen LogP contribution >= 0.6 is 0 Å². The van der Waals surface area contributed by atoms with Gasteiger partial charge in [0.1, 0.15) is 0 Å². The van der Waals surface area contributed by atoms with Crippen molar-refractivity contribution in [2.24, 2.45) is 5.92 Å². The summed E-state index contributed by atoms with van der Waals surface area (Å²) in [6.45, 7) is 0. The second-order valence-corrected chi connectivity index (χ2v) is 2.82. The van der Waals surface area contributed by atoms with E-state index in [1.54, 1.807) is 0 Å². The first kappa shape index (κ1) is 6.22. The van der Waals surface area contributed by atoms with Gasteiger partial charge in [-0.3, -0.25) is 10.1 Å². The lowest BCUT2D eigenvalue weighted by molar-refractivity contribution is -0.128. The maximum atomic E-state index is 12.6. The summed E-state index contributed by atoms with van der Waals surface area (Å²) in [5.74, 6) is -1.27. The Hall–Kier alpha value is -0.510. The van der Waals surface area contributed by atoms with Gasteiger partial charge >= 0.3 is 0 Å². The molecule has 0 spiro atoms. The molecule has 0 aromatic heterocycles. The van der Waals surface area contributed by atoms with Gasteiger partial charge in [0, 0.05) is 6.04 Å². The highest BCUT2D eigenvalue weighted by Crippen LogP contribution is 2.34. The molecule has 56 valence electrons. The number of nitrogens with one attached hydrogen (secondary N) is 1. The number of rotatable bonds is 0. The summed E-state index contributed by atoms with van der Waals surface area (Å²) >= 11 is 0. The first-order chi connectivity index (χ1) is 4.70. The molecule has 2 aliphatic rings. The Kier molecular flexibility index (Phi) is 1.09. The Labute approximate surface area is 56.6 Å². The van der Waals surface area contributed by atoms with Gasteiger partial charge in [-0.05, 0) is 6.42 Å². The summed E-state index contributed by atoms with van der Waals surface area (Å²) in [6, 6.07) is -0.549. The molecule has 2 bridgehead atoms. The third-order valence-corrected chi connectivity index (χ3v) is 2.22. The predicted octanol–water partition coefficient (Wildman–Crippen LogP) is 0.181. The molecule has 2 rings (SSSR count). The molecule has 2 nitrogen and oxygen atoms in total. The maximum absolute atomic E-state index is 12.6. The van der Waals surface area contributed by atoms with Crippen LogP contribution < -0.4 is 5.32 Å². The van der Waals surface area contributed by atoms with Crippen LogP contribution in [0.1, 0.15) is 6.42 Å². The van der Waals surface area contributed by atoms with E-state index in [2.05, 4.69) is 5.32 Å². The van der Waals surface area contributed by atoms with Crippen molar-refractivity contribution in [2.45, 2.75) is 24.9 Å². The zero-order valence-corrected chi connectivity index (χ0v) is 5.18. The Bertz CT molecular complexity index is 185. The summed E-state index contributed by atoms with van der Waals surface area (Å²) in [5, 5.41) is 2.37. The third kappa shape index (κ3) is 0.572. The van der Waals surface area contributed by atoms with Gasteiger partial charge in [0.15, 0.2) is 18.3 Å². The van der Waals surface area contributed by atoms with Gasteiger partial charge in [-0.25, -0.2) is 8.78 Å². The molecule has 4 atom stereocenters. The molecular weight excluding hydrogens is 140 g/mol. The smallest absolute Gasteiger partial charge is 0.175 e. The zero-order chi connectivity index (χ0) is 7.30. The molecule has 4 unspecified atom stereocenters. The van der Waals surface area contributed by atoms with Crippen LogP contribution in [0.3, 0.4) is 0 Å². The van der Waals surface area contributed by atoms with Gasteiger partial charge in [-0.15, -0.1) is 0 Å². The van der Waals surface area contributed by atoms with Crippen molar-refractivity contribution in [1.82, 2.24) is 5.32 Å². The average Bonchev–Trinajstić information content (AvgIpc) is 2.36. The molecule has 10 heavy (non-hydrogen) atoms. The minimum Gasteiger partial charge on any atom is -0.296 e. The van der Waals surface area contributed by atoms with Crippen LogP contribution in [0.5, 0.6) is 0 Å². The standard InChI is InChI=1S/C6H7F2NO/c7-4-3-1-2(5(4)10)6(8)9-3/h2-4,6,9H,1H2. The summed E-state index contributed by atoms with van der Waals surface area (Å²) in [7, 11) is 0. The highest BCUT2D eigenvalue weighted by atomic mass is 19.1. The first-order valence-electron chi connectivity index (χ1n) is 3.28. The monoisotopic (exact) mass is 147 g/mol. The number of Topliss-reactive ketones (excluding diaryl/α,β-unsaturated/α-hetero) is 1. The molecule has 1 aliphatic carbocycles. The molecule has 4 heteroatoms. The molecule has 1 aliphatic heterocycles. The number of alkyl halides is 2. The summed E-state index contributed by atoms with van der Waals surface area (Å²) < 4.78 is 25.2. The SMILES string of the molecule is O=C1C(F)C2CC1C(F)N2. The minimum absolute atomic E-state index is 0.334. The van der Waals surface area contributed by atoms with Gasteiger partial charge in [0.05, 0.1) is 5.92 Å². The van der Waals surface area contributed by atoms with Crippen molar-refractivity contribution in [3.63, 3.8) is 0 Å². The van der Waals surface area contributed by atoms with Crippen LogP contribution in [0.2, 0.25) is 0 Å². The van der Waals surface area contributed by atoms with E-state index in [0.29, 0.717) is 6.42 Å². The Morgan fingerprint density at radius 2 is 2.20 bits per heavy atom. The van der Waals surface area contributed by atoms with Crippen LogP contribution in [0.15, 0.2) is 0 Å². The highest BCUT2D eigenvalue weighted by Gasteiger charge is 2.53. The number of hydrogen-bond acceptors (Lipinski definition) is 2. The van der Waals surface area contributed by atoms with E-state index in [-0.39, 0.29) is 0 Å². The number of carbonyl (C=O) groups excluding carboxylic acids is 1. The lowest BCUT2D eigenvalue weighted by atomic mass is 10.1. The first-order valence-corrected chi connectivity index (χ1v) is 3.28. The van der Waals surface area contributed by atoms with E-state index in [4.69, 9.17) is 0 Å². The Balaban J connectivity index is 2.24. The number of piperidine rings is 1. The van der Waals surface area contributed by atoms with Gasteiger partial charge in [-0.2, -0.15) is 0 Å². The molecule has 2 fully saturated rings. The molecule has 1 saturated carbocycles. The van der Waals surface area contributed by atoms with Crippen LogP contribution in [0, 0.1) is 5.92 Å². The fourth-order valence-electron chi connectivity index (χ4n) is 1.65. The van der Waals surface area contributed by atoms with Crippen molar-refractivity contribution >= 4 is 5.78 Å². The topological polar surface area (TPSA) is 29.1 Å². The summed E-state index contributed by atoms with van der Waals surface area (Å²) in [6.07, 6.45) is -2.43. The molecule has 0 aromatic rings. The average molecular weight is 147 g/mol. The van der Waals surface area contributed by atoms with E-state index in [0.717, 1.165) is 0 Å². The Morgan fingerprint density at radius 1 is 1.50 bits per heavy atom. The quantitative estimate of drug-likeness (QED) is 0.495. The predicted molar refractivity (Wildman–Crippen MR) is 29.8 cm³/mol. The molecule has 0 amide bonds. The van der Waals surface area contributed by atoms with E-state index in [1.807, 2.05) is 0 Å². The lowest BCUT2D eigenvalue weighted by Crippen LogP contribution is -2.44. The van der Waals surface area contributed by atoms with Gasteiger partial charge < -0.3 is 0 Å². The fraction of sp³-hybridized carbons (Fsp3) is 0.833. The fourth-order valence-corrected chi connectivity index (χ4v) is 1.65. The normalized spacial score (nSPS) is 52.4. The van der Waals surface area contributed by atoms with Crippen LogP contribution in [-0.4, -0.2) is 24.3 Å². The lowest BCUT2D eigenvalue weighted by Gasteiger charge is -2.17. The van der Waals surface area contributed by atoms with Gasteiger partial charge in [0.25, 0.3) is 0 Å². The van der Waals surface area contributed by atoms with Gasteiger partial charge in [0.2, 0.25) is 0 Å². The maximum Gasteiger partial charge on any atom is 0.175 e. The summed E-state index contributed by atoms with van der Waals surface area (Å²) in [5.41, 5.74) is 0. The zero-order valence-electron chi connectivity index (χ0n) is 5.18. The second-order valence-electron chi connectivity index (χ2n) is 2.82. The van der Waals surface area contributed by atoms with E-state index >= 15 is 0 Å². The van der Waals surface area contributed by atoms with Crippen LogP contribution in [0.4, 0.5) is 8.78 Å². The number of carbonyl (C=O) groups is 1. The van der Waals surface area contributed by atoms with E-state index < -0.39 is 30.2 Å². The number of hydrogen-bond donors (Lipinski definition) is 1. The van der Waals surface area contributed by atoms with Crippen molar-refractivity contribution in [2.75, 3.05) is 0 Å². The van der Waals surface area contributed by atoms with Crippen LogP contribution in [-0.2, 0) is 4.79 Å². The van der Waals surface area contributed by atoms with Gasteiger partial charge in [-0.1, -0.05) is 0 Å². The van der Waals surface area contributed by atoms with Crippen LogP contribution in [0.25, 0.3) is 0 Å². The molecule has 0 radical (unpaired) electrons. The molecule has 1 N–H and O–H groups in total. The molecule has 0 aromatic carbocycles. The second kappa shape index (κ2) is 1.75. The third-order valence-electron chi connectivity index (χ3n) is 2.22. The Morgan fingerprint density at radius 3 is 2.60 bits per heavy atom. The highest BCUT2D eigenvalue weighted by molar-refractivity contribution is 5.90. The number of ketones is 1. The number of fused-ring (bicyclic) bond motifs is 2. The minimum atomic E-state index is -1.46. The number of halogens is 2. The van der Waals surface area contributed by atoms with E-state index in [1.165, 1.54) is 0 Å². The largest absolute Gasteiger partial charge is 0.296 e. The van der Waals surface area contributed by atoms with Crippen molar-refractivity contribution in [1.29, 1.82) is 0 Å². The van der Waals surface area contributed by atoms with Crippen molar-refractivity contribution in [3.05, 3.63) is 0 Å². The molecule has 1 heterocycles. The molecular formula is C6H7F2NO. The summed E-state index contributed by atoms with van der Waals surface area (Å²) in [4.78, 5) is 10.7. The van der Waals surface area contributed by atoms with Crippen molar-refractivity contribution < 1.29 is 13.6 Å². The van der Waals surface area contributed by atoms with E-state index in [9.17, 15) is 13.6 Å².